The van der Waals surface area contributed by atoms with Gasteiger partial charge >= 0.3 is 0 Å². The fourth-order valence-electron chi connectivity index (χ4n) is 2.61. The molecule has 0 radical (unpaired) electrons. The number of hydrogen-bond acceptors (Lipinski definition) is 2. The highest BCUT2D eigenvalue weighted by atomic mass is 16.1. The number of fused-ring (bicyclic) bond motifs is 1. The number of rotatable bonds is 2. The number of carbonyl (C=O) groups is 1. The van der Waals surface area contributed by atoms with Gasteiger partial charge in [-0.1, -0.05) is 30.3 Å². The summed E-state index contributed by atoms with van der Waals surface area (Å²) in [6, 6.07) is 10.4. The maximum Gasteiger partial charge on any atom is 0.226 e. The van der Waals surface area contributed by atoms with Crippen LogP contribution in [0.2, 0.25) is 0 Å². The molecule has 1 amide bonds. The van der Waals surface area contributed by atoms with Crippen LogP contribution < -0.4 is 5.32 Å². The molecule has 1 aromatic heterocycles. The average Bonchev–Trinajstić information content (AvgIpc) is 2.82. The third-order valence-electron chi connectivity index (χ3n) is 3.54. The molecule has 2 aromatic rings. The highest BCUT2D eigenvalue weighted by Gasteiger charge is 2.30. The Kier molecular flexibility index (Phi) is 2.85. The third kappa shape index (κ3) is 2.03. The van der Waals surface area contributed by atoms with Crippen molar-refractivity contribution in [2.75, 3.05) is 5.32 Å². The minimum absolute atomic E-state index is 0.0590. The molecule has 0 fully saturated rings. The molecule has 1 aromatic carbocycles. The van der Waals surface area contributed by atoms with Crippen molar-refractivity contribution in [3.63, 3.8) is 0 Å². The molecule has 0 spiro atoms. The van der Waals surface area contributed by atoms with Crippen LogP contribution in [0, 0.1) is 0 Å². The average molecular weight is 255 g/mol. The maximum absolute atomic E-state index is 11.9. The number of benzene rings is 1. The van der Waals surface area contributed by atoms with Gasteiger partial charge in [-0.05, 0) is 19.4 Å². The van der Waals surface area contributed by atoms with E-state index in [9.17, 15) is 4.79 Å². The smallest absolute Gasteiger partial charge is 0.226 e. The summed E-state index contributed by atoms with van der Waals surface area (Å²) in [6.45, 7) is 4.12. The molecule has 3 rings (SSSR count). The second-order valence-corrected chi connectivity index (χ2v) is 5.20. The molecule has 4 nitrogen and oxygen atoms in total. The van der Waals surface area contributed by atoms with Crippen molar-refractivity contribution >= 4 is 11.7 Å². The molecule has 0 bridgehead atoms. The number of aromatic nitrogens is 2. The summed E-state index contributed by atoms with van der Waals surface area (Å²) >= 11 is 0. The lowest BCUT2D eigenvalue weighted by Gasteiger charge is -2.24. The van der Waals surface area contributed by atoms with Gasteiger partial charge in [-0.15, -0.1) is 0 Å². The minimum atomic E-state index is 0.0590. The van der Waals surface area contributed by atoms with Crippen LogP contribution in [0.3, 0.4) is 0 Å². The number of nitrogens with zero attached hydrogens (tertiary/aromatic N) is 2. The third-order valence-corrected chi connectivity index (χ3v) is 3.54. The van der Waals surface area contributed by atoms with Crippen LogP contribution in [0.5, 0.6) is 0 Å². The molecule has 0 aliphatic carbocycles. The standard InChI is InChI=1S/C15H17N3O/c1-10(2)18-15-13(9-16-18)12(8-14(19)17-15)11-6-4-3-5-7-11/h3-7,9-10,12H,8H2,1-2H3,(H,17,19)/t12-/m0/s1. The van der Waals surface area contributed by atoms with Gasteiger partial charge in [0, 0.05) is 23.9 Å². The van der Waals surface area contributed by atoms with Crippen LogP contribution in [0.25, 0.3) is 0 Å². The van der Waals surface area contributed by atoms with Gasteiger partial charge in [0.15, 0.2) is 0 Å². The van der Waals surface area contributed by atoms with E-state index in [0.29, 0.717) is 6.42 Å². The van der Waals surface area contributed by atoms with Crippen LogP contribution in [-0.2, 0) is 4.79 Å². The van der Waals surface area contributed by atoms with Gasteiger partial charge in [-0.25, -0.2) is 4.68 Å². The van der Waals surface area contributed by atoms with Crippen molar-refractivity contribution in [3.8, 4) is 0 Å². The lowest BCUT2D eigenvalue weighted by molar-refractivity contribution is -0.116. The normalized spacial score (nSPS) is 18.3. The molecule has 0 unspecified atom stereocenters. The summed E-state index contributed by atoms with van der Waals surface area (Å²) < 4.78 is 1.88. The van der Waals surface area contributed by atoms with Gasteiger partial charge in [0.2, 0.25) is 5.91 Å². The van der Waals surface area contributed by atoms with Crippen LogP contribution in [0.1, 0.15) is 43.4 Å². The summed E-state index contributed by atoms with van der Waals surface area (Å²) in [7, 11) is 0. The van der Waals surface area contributed by atoms with E-state index in [-0.39, 0.29) is 17.9 Å². The number of anilines is 1. The molecule has 19 heavy (non-hydrogen) atoms. The molecule has 0 saturated heterocycles. The van der Waals surface area contributed by atoms with E-state index in [2.05, 4.69) is 36.4 Å². The van der Waals surface area contributed by atoms with Gasteiger partial charge in [0.1, 0.15) is 5.82 Å². The monoisotopic (exact) mass is 255 g/mol. The first-order valence-corrected chi connectivity index (χ1v) is 6.59. The molecule has 2 heterocycles. The van der Waals surface area contributed by atoms with Crippen molar-refractivity contribution in [3.05, 3.63) is 47.7 Å². The first kappa shape index (κ1) is 12.0. The van der Waals surface area contributed by atoms with E-state index < -0.39 is 0 Å². The Hall–Kier alpha value is -2.10. The molecule has 0 saturated carbocycles. The predicted molar refractivity (Wildman–Crippen MR) is 74.1 cm³/mol. The number of nitrogens with one attached hydrogen (secondary N) is 1. The molecular formula is C15H17N3O. The second kappa shape index (κ2) is 4.53. The first-order valence-electron chi connectivity index (χ1n) is 6.59. The quantitative estimate of drug-likeness (QED) is 0.896. The molecule has 1 N–H and O–H groups in total. The molecule has 4 heteroatoms. The van der Waals surface area contributed by atoms with Gasteiger partial charge < -0.3 is 5.32 Å². The molecule has 1 aliphatic rings. The van der Waals surface area contributed by atoms with Gasteiger partial charge in [0.05, 0.1) is 6.20 Å². The Morgan fingerprint density at radius 2 is 2.05 bits per heavy atom. The Balaban J connectivity index is 2.09. The predicted octanol–water partition coefficient (Wildman–Crippen LogP) is 2.94. The van der Waals surface area contributed by atoms with Crippen molar-refractivity contribution in [1.29, 1.82) is 0 Å². The van der Waals surface area contributed by atoms with Crippen LogP contribution >= 0.6 is 0 Å². The lowest BCUT2D eigenvalue weighted by atomic mass is 9.87. The zero-order valence-corrected chi connectivity index (χ0v) is 11.1. The van der Waals surface area contributed by atoms with Gasteiger partial charge in [0.25, 0.3) is 0 Å². The van der Waals surface area contributed by atoms with Gasteiger partial charge in [-0.2, -0.15) is 5.10 Å². The Bertz CT molecular complexity index is 601. The van der Waals surface area contributed by atoms with E-state index in [0.717, 1.165) is 11.4 Å². The summed E-state index contributed by atoms with van der Waals surface area (Å²) in [6.07, 6.45) is 2.37. The fraction of sp³-hybridized carbons (Fsp3) is 0.333. The number of amides is 1. The SMILES string of the molecule is CC(C)n1ncc2c1NC(=O)C[C@H]2c1ccccc1. The van der Waals surface area contributed by atoms with E-state index >= 15 is 0 Å². The summed E-state index contributed by atoms with van der Waals surface area (Å²) in [4.78, 5) is 11.9. The van der Waals surface area contributed by atoms with Crippen molar-refractivity contribution in [2.45, 2.75) is 32.2 Å². The number of hydrogen-bond donors (Lipinski definition) is 1. The van der Waals surface area contributed by atoms with Gasteiger partial charge in [-0.3, -0.25) is 4.79 Å². The van der Waals surface area contributed by atoms with Crippen LogP contribution in [0.4, 0.5) is 5.82 Å². The highest BCUT2D eigenvalue weighted by Crippen LogP contribution is 2.37. The minimum Gasteiger partial charge on any atom is -0.311 e. The molecule has 1 atom stereocenters. The first-order chi connectivity index (χ1) is 9.16. The van der Waals surface area contributed by atoms with Crippen LogP contribution in [0.15, 0.2) is 36.5 Å². The van der Waals surface area contributed by atoms with E-state index in [1.54, 1.807) is 0 Å². The lowest BCUT2D eigenvalue weighted by Crippen LogP contribution is -2.25. The van der Waals surface area contributed by atoms with E-state index in [1.165, 1.54) is 5.56 Å². The molecular weight excluding hydrogens is 238 g/mol. The summed E-state index contributed by atoms with van der Waals surface area (Å²) in [5, 5.41) is 7.36. The summed E-state index contributed by atoms with van der Waals surface area (Å²) in [5.74, 6) is 1.02. The molecule has 1 aliphatic heterocycles. The number of carbonyl (C=O) groups excluding carboxylic acids is 1. The highest BCUT2D eigenvalue weighted by molar-refractivity contribution is 5.94. The Morgan fingerprint density at radius 3 is 2.74 bits per heavy atom. The van der Waals surface area contributed by atoms with Crippen LogP contribution in [-0.4, -0.2) is 15.7 Å². The van der Waals surface area contributed by atoms with Crippen molar-refractivity contribution < 1.29 is 4.79 Å². The van der Waals surface area contributed by atoms with E-state index in [4.69, 9.17) is 0 Å². The summed E-state index contributed by atoms with van der Waals surface area (Å²) in [5.41, 5.74) is 2.28. The Morgan fingerprint density at radius 1 is 1.32 bits per heavy atom. The fourth-order valence-corrected chi connectivity index (χ4v) is 2.61. The largest absolute Gasteiger partial charge is 0.311 e. The zero-order valence-electron chi connectivity index (χ0n) is 11.1. The maximum atomic E-state index is 11.9. The topological polar surface area (TPSA) is 46.9 Å². The van der Waals surface area contributed by atoms with Crippen molar-refractivity contribution in [1.82, 2.24) is 9.78 Å². The van der Waals surface area contributed by atoms with Crippen molar-refractivity contribution in [2.24, 2.45) is 0 Å². The Labute approximate surface area is 112 Å². The zero-order chi connectivity index (χ0) is 13.4. The molecule has 98 valence electrons. The van der Waals surface area contributed by atoms with E-state index in [1.807, 2.05) is 29.1 Å². The second-order valence-electron chi connectivity index (χ2n) is 5.20.